The standard InChI is InChI=1S/C21H14FN3O5S.C21H16FN3O3S.C15H11ClN2O2S.C13H7ClN2OS.C7H4ClNS.C6H4BrNO.C6H4FNO3.C2H6O2/c22-14-9-13(25(26)27)2-4-17(14)30-18-5-6-23-16-10-19(31-20(16)18)15-3-1-12(11-24-15)21-28-7-8-29-21;22-14-9-13(23)2-4-17(14)28-18-5-6-24-16-10-19(29-20(16)18)15-3-1-12(11-25-15)21-26-7-8-27-21;16-10-3-4-17-12-7-13(21-14(10)12)11-2-1-9(8-18-11)15-19-5-6-20-15;14-9-3-4-15-11-5-12(18-13(9)11)10-2-1-8(7-17)6-16-10;8-5-1-3-9-6-2-4-10-7(5)6;7-6-2-1-5(4-9)3-8-6;7-5-3-4(8(10)11)1-2-6(5)9;3-1-2-4/h1-6,9-11,21H,7-8H2;1-6,9-11,21H,7-8,23H2;1-4,7-8,15H,5-6H2;1-7H;1-4H;1-4H;1-3,9H;3-4H,1-2H2. The normalized spacial score (nSPS) is 12.8. The van der Waals surface area contributed by atoms with E-state index in [1.807, 2.05) is 78.2 Å². The van der Waals surface area contributed by atoms with Gasteiger partial charge in [0.05, 0.1) is 183 Å². The molecule has 21 rings (SSSR count). The Hall–Kier alpha value is -12.9. The molecule has 3 saturated heterocycles. The van der Waals surface area contributed by atoms with E-state index < -0.39 is 33.0 Å². The number of carbonyl (C=O) groups excluding carboxylic acids is 2. The van der Waals surface area contributed by atoms with Gasteiger partial charge in [-0.2, -0.15) is 0 Å². The van der Waals surface area contributed by atoms with E-state index in [2.05, 4.69) is 65.8 Å². The lowest BCUT2D eigenvalue weighted by molar-refractivity contribution is -0.385. The van der Waals surface area contributed by atoms with Gasteiger partial charge >= 0.3 is 0 Å². The average Bonchev–Trinajstić information content (AvgIpc) is 1.66. The summed E-state index contributed by atoms with van der Waals surface area (Å²) in [6.45, 7) is 3.32. The predicted octanol–water partition coefficient (Wildman–Crippen LogP) is 23.1. The first-order chi connectivity index (χ1) is 64.6. The van der Waals surface area contributed by atoms with Gasteiger partial charge in [-0.1, -0.05) is 53.0 Å². The monoisotopic (exact) mass is 2010 g/mol. The average molecular weight is 2020 g/mol. The van der Waals surface area contributed by atoms with Gasteiger partial charge in [0.25, 0.3) is 11.4 Å². The minimum Gasteiger partial charge on any atom is -0.505 e. The Labute approximate surface area is 794 Å². The SMILES string of the molecule is Clc1ccnc2cc(-c3ccc(C4OCCO4)cn3)sc12.Clc1ccnc2ccsc12.Nc1ccc(Oc2ccnc3cc(-c4ccc(C5OCCO5)cn4)sc23)c(F)c1.O=Cc1ccc(-c2cc3nccc(Cl)c3s2)nc1.O=Cc1ccc(Br)nc1.O=[N+]([O-])c1ccc(O)c(F)c1.O=[N+]([O-])c1ccc(Oc2ccnc3cc(-c4ccc(C5OCCO5)cn4)sc23)c(F)c1.OCCO. The molecule has 676 valence electrons. The quantitative estimate of drug-likeness (QED) is 0.0229. The van der Waals surface area contributed by atoms with Gasteiger partial charge in [-0.25, -0.2) is 18.2 Å². The zero-order chi connectivity index (χ0) is 93.4. The number of benzene rings is 3. The van der Waals surface area contributed by atoms with Gasteiger partial charge in [-0.15, -0.1) is 56.7 Å². The smallest absolute Gasteiger partial charge is 0.272 e. The van der Waals surface area contributed by atoms with E-state index >= 15 is 0 Å². The van der Waals surface area contributed by atoms with Crippen molar-refractivity contribution in [1.82, 2.24) is 49.8 Å². The van der Waals surface area contributed by atoms with Crippen molar-refractivity contribution in [3.63, 3.8) is 0 Å². The molecule has 0 atom stereocenters. The van der Waals surface area contributed by atoms with Gasteiger partial charge in [0.2, 0.25) is 0 Å². The van der Waals surface area contributed by atoms with Crippen LogP contribution >= 0.6 is 107 Å². The molecule has 0 bridgehead atoms. The van der Waals surface area contributed by atoms with E-state index in [1.54, 1.807) is 144 Å². The first kappa shape index (κ1) is 96.2. The number of aromatic nitrogens is 10. The third-order valence-corrected chi connectivity index (χ3v) is 25.8. The number of nitrogens with two attached hydrogens (primary N) is 1. The Kier molecular flexibility index (Phi) is 33.6. The molecule has 0 spiro atoms. The van der Waals surface area contributed by atoms with E-state index in [4.69, 9.17) is 93.8 Å². The molecule has 0 saturated carbocycles. The molecule has 5 N–H and O–H groups in total. The minimum atomic E-state index is -0.987. The van der Waals surface area contributed by atoms with Gasteiger partial charge in [-0.05, 0) is 137 Å². The molecule has 18 heterocycles. The number of nitro benzene ring substituents is 2. The van der Waals surface area contributed by atoms with Crippen LogP contribution in [0.25, 0.3) is 93.4 Å². The number of phenols is 1. The number of anilines is 1. The molecule has 3 aromatic carbocycles. The number of thiophene rings is 5. The molecule has 42 heteroatoms. The summed E-state index contributed by atoms with van der Waals surface area (Å²) < 4.78 is 90.4. The molecule has 0 amide bonds. The number of fused-ring (bicyclic) bond motifs is 5. The summed E-state index contributed by atoms with van der Waals surface area (Å²) in [7, 11) is 0. The van der Waals surface area contributed by atoms with Crippen molar-refractivity contribution in [3.05, 3.63) is 328 Å². The van der Waals surface area contributed by atoms with Gasteiger partial charge in [0, 0.05) is 126 Å². The van der Waals surface area contributed by atoms with Crippen molar-refractivity contribution in [1.29, 1.82) is 0 Å². The fraction of sp³-hybridized carbons (Fsp3) is 0.121. The number of rotatable bonds is 16. The molecule has 133 heavy (non-hydrogen) atoms. The van der Waals surface area contributed by atoms with Crippen LogP contribution in [0, 0.1) is 37.7 Å². The number of hydrogen-bond donors (Lipinski definition) is 4. The van der Waals surface area contributed by atoms with Gasteiger partial charge in [-0.3, -0.25) is 74.7 Å². The first-order valence-corrected chi connectivity index (χ1v) is 45.2. The Morgan fingerprint density at radius 1 is 0.414 bits per heavy atom. The van der Waals surface area contributed by atoms with Crippen LogP contribution in [-0.4, -0.2) is 140 Å². The summed E-state index contributed by atoms with van der Waals surface area (Å²) in [5.41, 5.74) is 16.5. The zero-order valence-electron chi connectivity index (χ0n) is 68.3. The van der Waals surface area contributed by atoms with E-state index in [9.17, 15) is 43.0 Å². The van der Waals surface area contributed by atoms with Crippen LogP contribution in [0.4, 0.5) is 30.2 Å². The second kappa shape index (κ2) is 46.5. The Morgan fingerprint density at radius 3 is 1.13 bits per heavy atom. The zero-order valence-corrected chi connectivity index (χ0v) is 76.3. The van der Waals surface area contributed by atoms with Crippen LogP contribution < -0.4 is 15.2 Å². The number of nitro groups is 2. The Balaban J connectivity index is 0.000000129. The van der Waals surface area contributed by atoms with Crippen LogP contribution in [0.2, 0.25) is 15.1 Å². The van der Waals surface area contributed by atoms with Crippen molar-refractivity contribution in [3.8, 4) is 71.0 Å². The second-order valence-electron chi connectivity index (χ2n) is 27.3. The highest BCUT2D eigenvalue weighted by Crippen LogP contribution is 2.44. The summed E-state index contributed by atoms with van der Waals surface area (Å²) >= 11 is 29.0. The van der Waals surface area contributed by atoms with E-state index in [1.165, 1.54) is 53.1 Å². The molecule has 15 aromatic heterocycles. The lowest BCUT2D eigenvalue weighted by Crippen LogP contribution is -1.98. The topological polar surface area (TPSA) is 410 Å². The summed E-state index contributed by atoms with van der Waals surface area (Å²) in [6, 6.07) is 47.3. The van der Waals surface area contributed by atoms with Crippen molar-refractivity contribution >= 4 is 188 Å². The molecular weight excluding hydrogens is 1950 g/mol. The summed E-state index contributed by atoms with van der Waals surface area (Å²) in [4.78, 5) is 87.0. The molecule has 3 fully saturated rings. The molecule has 3 aliphatic heterocycles. The lowest BCUT2D eigenvalue weighted by atomic mass is 10.2. The molecule has 0 unspecified atom stereocenters. The fourth-order valence-electron chi connectivity index (χ4n) is 12.1. The van der Waals surface area contributed by atoms with Crippen LogP contribution in [0.5, 0.6) is 28.7 Å². The third-order valence-electron chi connectivity index (χ3n) is 18.4. The molecule has 18 aromatic rings. The van der Waals surface area contributed by atoms with Gasteiger partial charge in [0.1, 0.15) is 16.1 Å². The molecule has 0 aliphatic carbocycles. The number of halogens is 7. The number of ether oxygens (including phenoxy) is 8. The number of pyridine rings is 10. The van der Waals surface area contributed by atoms with E-state index in [0.29, 0.717) is 89.3 Å². The largest absolute Gasteiger partial charge is 0.505 e. The number of aliphatic hydroxyl groups excluding tert-OH is 2. The highest BCUT2D eigenvalue weighted by atomic mass is 79.9. The molecular formula is C91H66BrCl3F3N13O17S5. The highest BCUT2D eigenvalue weighted by molar-refractivity contribution is 9.10. The number of carbonyl (C=O) groups is 2. The van der Waals surface area contributed by atoms with Crippen molar-refractivity contribution < 1.29 is 85.8 Å². The lowest BCUT2D eigenvalue weighted by Gasteiger charge is -2.08. The van der Waals surface area contributed by atoms with Crippen LogP contribution in [0.1, 0.15) is 56.3 Å². The third kappa shape index (κ3) is 25.3. The number of non-ortho nitro benzene ring substituents is 2. The summed E-state index contributed by atoms with van der Waals surface area (Å²) in [6.07, 6.45) is 17.2. The van der Waals surface area contributed by atoms with Crippen LogP contribution in [0.3, 0.4) is 0 Å². The minimum absolute atomic E-state index is 0.105. The number of aliphatic hydroxyl groups is 2. The van der Waals surface area contributed by atoms with E-state index in [-0.39, 0.29) is 55.0 Å². The first-order valence-electron chi connectivity index (χ1n) is 39.2. The highest BCUT2D eigenvalue weighted by Gasteiger charge is 2.25. The maximum absolute atomic E-state index is 14.3. The molecule has 0 radical (unpaired) electrons. The number of nitrogens with zero attached hydrogens (tertiary/aromatic N) is 12. The Morgan fingerprint density at radius 2 is 0.774 bits per heavy atom. The number of nitrogen functional groups attached to an aromatic ring is 1. The molecule has 3 aliphatic rings. The second-order valence-corrected chi connectivity index (χ2v) is 34.5. The number of hydrogen-bond acceptors (Lipinski definition) is 33. The Bertz CT molecular complexity index is 7070. The van der Waals surface area contributed by atoms with Crippen LogP contribution in [0.15, 0.2) is 248 Å². The number of aldehydes is 2. The molecule has 30 nitrogen and oxygen atoms in total. The van der Waals surface area contributed by atoms with Crippen molar-refractivity contribution in [2.24, 2.45) is 0 Å². The summed E-state index contributed by atoms with van der Waals surface area (Å²) in [5, 5.41) is 48.9. The predicted molar refractivity (Wildman–Crippen MR) is 506 cm³/mol. The fourth-order valence-corrected chi connectivity index (χ4v) is 18.0. The van der Waals surface area contributed by atoms with Crippen molar-refractivity contribution in [2.75, 3.05) is 58.6 Å². The summed E-state index contributed by atoms with van der Waals surface area (Å²) in [5.74, 6) is -1.97. The van der Waals surface area contributed by atoms with Crippen LogP contribution in [-0.2, 0) is 28.4 Å². The maximum Gasteiger partial charge on any atom is 0.272 e. The maximum atomic E-state index is 14.3. The van der Waals surface area contributed by atoms with Crippen molar-refractivity contribution in [2.45, 2.75) is 18.9 Å². The van der Waals surface area contributed by atoms with E-state index in [0.717, 1.165) is 145 Å². The van der Waals surface area contributed by atoms with Gasteiger partial charge in [0.15, 0.2) is 66.1 Å². The number of phenolic OH excluding ortho intramolecular Hbond substituents is 1. The number of aromatic hydroxyl groups is 1. The van der Waals surface area contributed by atoms with Gasteiger partial charge < -0.3 is 58.9 Å².